The van der Waals surface area contributed by atoms with Gasteiger partial charge in [0.25, 0.3) is 0 Å². The maximum atomic E-state index is 12.8. The molecule has 0 aliphatic rings. The Morgan fingerprint density at radius 1 is 0.290 bits per heavy atom. The van der Waals surface area contributed by atoms with Gasteiger partial charge in [-0.05, 0) is 128 Å². The van der Waals surface area contributed by atoms with Crippen LogP contribution in [-0.2, 0) is 28.6 Å². The van der Waals surface area contributed by atoms with Crippen molar-refractivity contribution >= 4 is 17.9 Å². The normalized spacial score (nSPS) is 12.9. The Morgan fingerprint density at radius 3 is 0.870 bits per heavy atom. The van der Waals surface area contributed by atoms with E-state index < -0.39 is 6.10 Å². The van der Waals surface area contributed by atoms with Crippen LogP contribution in [0.15, 0.2) is 109 Å². The van der Waals surface area contributed by atoms with Crippen LogP contribution in [0.2, 0.25) is 0 Å². The van der Waals surface area contributed by atoms with Crippen LogP contribution in [0.5, 0.6) is 0 Å². The average Bonchev–Trinajstić information content (AvgIpc) is 3.35. The minimum Gasteiger partial charge on any atom is -0.462 e. The summed E-state index contributed by atoms with van der Waals surface area (Å²) >= 11 is 0. The number of rotatable bonds is 50. The number of carbonyl (C=O) groups excluding carboxylic acids is 3. The molecule has 1 atom stereocenters. The third-order valence-electron chi connectivity index (χ3n) is 11.7. The Hall–Kier alpha value is -3.93. The molecule has 392 valence electrons. The van der Waals surface area contributed by atoms with E-state index in [1.54, 1.807) is 0 Å². The van der Waals surface area contributed by atoms with Crippen LogP contribution in [0.1, 0.15) is 252 Å². The number of carbonyl (C=O) groups is 3. The van der Waals surface area contributed by atoms with Crippen LogP contribution < -0.4 is 0 Å². The highest BCUT2D eigenvalue weighted by molar-refractivity contribution is 5.71. The molecule has 0 aromatic rings. The zero-order valence-corrected chi connectivity index (χ0v) is 44.8. The molecule has 0 rings (SSSR count). The first kappa shape index (κ1) is 65.1. The van der Waals surface area contributed by atoms with Crippen molar-refractivity contribution in [1.29, 1.82) is 0 Å². The second-order valence-corrected chi connectivity index (χ2v) is 18.5. The zero-order valence-electron chi connectivity index (χ0n) is 44.8. The number of allylic oxidation sites excluding steroid dienone is 18. The summed E-state index contributed by atoms with van der Waals surface area (Å²) in [4.78, 5) is 38.1. The van der Waals surface area contributed by atoms with Crippen LogP contribution in [-0.4, -0.2) is 37.2 Å². The summed E-state index contributed by atoms with van der Waals surface area (Å²) in [6, 6.07) is 0. The van der Waals surface area contributed by atoms with Gasteiger partial charge in [-0.1, -0.05) is 214 Å². The minimum atomic E-state index is -0.818. The largest absolute Gasteiger partial charge is 0.462 e. The molecule has 0 fully saturated rings. The van der Waals surface area contributed by atoms with Crippen LogP contribution in [0.3, 0.4) is 0 Å². The predicted molar refractivity (Wildman–Crippen MR) is 297 cm³/mol. The molecule has 0 unspecified atom stereocenters. The topological polar surface area (TPSA) is 78.9 Å². The van der Waals surface area contributed by atoms with Crippen molar-refractivity contribution in [3.8, 4) is 0 Å². The third-order valence-corrected chi connectivity index (χ3v) is 11.7. The monoisotopic (exact) mass is 957 g/mol. The summed E-state index contributed by atoms with van der Waals surface area (Å²) < 4.78 is 16.8. The Labute approximate surface area is 425 Å². The van der Waals surface area contributed by atoms with Gasteiger partial charge < -0.3 is 14.2 Å². The molecular formula is C63H104O6. The SMILES string of the molecule is CCCCC/C=C\C/C=C\C/C=C\C/C=C\CCCC(=O)OC[C@@H](COC(=O)CCCCCCCCC/C=C\C/C=C\CCCCC)OC(=O)CCCCCC/C=C\C/C=C\C/C=C\CCCCC. The highest BCUT2D eigenvalue weighted by atomic mass is 16.6. The van der Waals surface area contributed by atoms with Gasteiger partial charge in [0, 0.05) is 19.3 Å². The van der Waals surface area contributed by atoms with Gasteiger partial charge in [0.2, 0.25) is 0 Å². The fraction of sp³-hybridized carbons (Fsp3) is 0.667. The van der Waals surface area contributed by atoms with E-state index >= 15 is 0 Å². The molecule has 0 saturated heterocycles. The summed E-state index contributed by atoms with van der Waals surface area (Å²) in [5.41, 5.74) is 0. The van der Waals surface area contributed by atoms with E-state index in [0.717, 1.165) is 103 Å². The molecule has 6 nitrogen and oxygen atoms in total. The van der Waals surface area contributed by atoms with Crippen molar-refractivity contribution in [1.82, 2.24) is 0 Å². The van der Waals surface area contributed by atoms with E-state index in [9.17, 15) is 14.4 Å². The molecule has 0 heterocycles. The molecular weight excluding hydrogens is 853 g/mol. The fourth-order valence-corrected chi connectivity index (χ4v) is 7.41. The lowest BCUT2D eigenvalue weighted by Gasteiger charge is -2.18. The minimum absolute atomic E-state index is 0.110. The van der Waals surface area contributed by atoms with E-state index in [0.29, 0.717) is 12.8 Å². The fourth-order valence-electron chi connectivity index (χ4n) is 7.41. The predicted octanol–water partition coefficient (Wildman–Crippen LogP) is 19.1. The van der Waals surface area contributed by atoms with E-state index in [1.165, 1.54) is 103 Å². The Morgan fingerprint density at radius 2 is 0.536 bits per heavy atom. The first-order valence-electron chi connectivity index (χ1n) is 28.4. The molecule has 0 aliphatic carbocycles. The number of esters is 3. The summed E-state index contributed by atoms with van der Waals surface area (Å²) in [6.45, 7) is 6.48. The summed E-state index contributed by atoms with van der Waals surface area (Å²) in [5.74, 6) is -0.998. The molecule has 0 saturated carbocycles. The van der Waals surface area contributed by atoms with Crippen molar-refractivity contribution in [3.63, 3.8) is 0 Å². The lowest BCUT2D eigenvalue weighted by molar-refractivity contribution is -0.167. The highest BCUT2D eigenvalue weighted by Gasteiger charge is 2.19. The molecule has 0 aromatic heterocycles. The zero-order chi connectivity index (χ0) is 50.0. The van der Waals surface area contributed by atoms with Crippen LogP contribution in [0.25, 0.3) is 0 Å². The number of hydrogen-bond acceptors (Lipinski definition) is 6. The molecule has 0 bridgehead atoms. The Kier molecular flexibility index (Phi) is 53.4. The second-order valence-electron chi connectivity index (χ2n) is 18.5. The highest BCUT2D eigenvalue weighted by Crippen LogP contribution is 2.13. The summed E-state index contributed by atoms with van der Waals surface area (Å²) in [6.07, 6.45) is 76.4. The first-order valence-corrected chi connectivity index (χ1v) is 28.4. The Bertz CT molecular complexity index is 1420. The quantitative estimate of drug-likeness (QED) is 0.0262. The summed E-state index contributed by atoms with van der Waals surface area (Å²) in [5, 5.41) is 0. The maximum Gasteiger partial charge on any atom is 0.306 e. The molecule has 0 amide bonds. The molecule has 0 aromatic carbocycles. The van der Waals surface area contributed by atoms with Gasteiger partial charge in [0.1, 0.15) is 13.2 Å². The van der Waals surface area contributed by atoms with E-state index in [1.807, 2.05) is 0 Å². The van der Waals surface area contributed by atoms with Crippen LogP contribution in [0.4, 0.5) is 0 Å². The Balaban J connectivity index is 4.54. The molecule has 0 aliphatic heterocycles. The van der Waals surface area contributed by atoms with Crippen LogP contribution in [0, 0.1) is 0 Å². The van der Waals surface area contributed by atoms with Crippen molar-refractivity contribution in [2.45, 2.75) is 258 Å². The van der Waals surface area contributed by atoms with Crippen molar-refractivity contribution in [3.05, 3.63) is 109 Å². The van der Waals surface area contributed by atoms with E-state index in [2.05, 4.69) is 130 Å². The number of ether oxygens (including phenoxy) is 3. The molecule has 0 spiro atoms. The van der Waals surface area contributed by atoms with Gasteiger partial charge in [0.15, 0.2) is 6.10 Å². The van der Waals surface area contributed by atoms with Crippen molar-refractivity contribution in [2.75, 3.05) is 13.2 Å². The van der Waals surface area contributed by atoms with Gasteiger partial charge in [-0.15, -0.1) is 0 Å². The van der Waals surface area contributed by atoms with Crippen molar-refractivity contribution < 1.29 is 28.6 Å². The lowest BCUT2D eigenvalue weighted by atomic mass is 10.1. The second kappa shape index (κ2) is 56.7. The molecule has 6 heteroatoms. The van der Waals surface area contributed by atoms with E-state index in [4.69, 9.17) is 14.2 Å². The standard InChI is InChI=1S/C63H104O6/c1-4-7-10-13-16-19-22-25-28-31-34-37-40-43-46-49-52-55-61(64)67-58-60(69-63(66)57-54-51-48-45-42-39-36-33-30-27-24-21-18-15-12-9-6-3)59-68-62(65)56-53-50-47-44-41-38-35-32-29-26-23-20-17-14-11-8-5-2/h16-21,25-30,34,36-37,39,43,46,60H,4-15,22-24,31-33,35,38,40-42,44-45,47-59H2,1-3H3/b19-16-,20-17-,21-18-,28-25-,29-26-,30-27-,37-34-,39-36-,46-43-/t60-/m0/s1. The van der Waals surface area contributed by atoms with E-state index in [-0.39, 0.29) is 44.0 Å². The number of unbranched alkanes of at least 4 members (excludes halogenated alkanes) is 21. The maximum absolute atomic E-state index is 12.8. The van der Waals surface area contributed by atoms with Gasteiger partial charge in [-0.2, -0.15) is 0 Å². The van der Waals surface area contributed by atoms with Gasteiger partial charge in [-0.25, -0.2) is 0 Å². The summed E-state index contributed by atoms with van der Waals surface area (Å²) in [7, 11) is 0. The molecule has 0 radical (unpaired) electrons. The third kappa shape index (κ3) is 54.9. The number of hydrogen-bond donors (Lipinski definition) is 0. The average molecular weight is 958 g/mol. The lowest BCUT2D eigenvalue weighted by Crippen LogP contribution is -2.30. The molecule has 69 heavy (non-hydrogen) atoms. The molecule has 0 N–H and O–H groups in total. The van der Waals surface area contributed by atoms with Gasteiger partial charge in [0.05, 0.1) is 0 Å². The van der Waals surface area contributed by atoms with Crippen LogP contribution >= 0.6 is 0 Å². The van der Waals surface area contributed by atoms with Crippen molar-refractivity contribution in [2.24, 2.45) is 0 Å². The van der Waals surface area contributed by atoms with Gasteiger partial charge >= 0.3 is 17.9 Å². The van der Waals surface area contributed by atoms with Gasteiger partial charge in [-0.3, -0.25) is 14.4 Å². The smallest absolute Gasteiger partial charge is 0.306 e. The first-order chi connectivity index (χ1) is 34.0.